The van der Waals surface area contributed by atoms with E-state index in [9.17, 15) is 13.6 Å². The maximum absolute atomic E-state index is 13.4. The zero-order chi connectivity index (χ0) is 14.0. The van der Waals surface area contributed by atoms with Crippen LogP contribution in [0.2, 0.25) is 0 Å². The summed E-state index contributed by atoms with van der Waals surface area (Å²) in [4.78, 5) is 12.1. The highest BCUT2D eigenvalue weighted by atomic mass is 79.9. The Hall–Kier alpha value is -1.55. The molecule has 0 saturated heterocycles. The van der Waals surface area contributed by atoms with Crippen LogP contribution in [-0.2, 0) is 6.42 Å². The van der Waals surface area contributed by atoms with Gasteiger partial charge in [-0.25, -0.2) is 8.78 Å². The van der Waals surface area contributed by atoms with Gasteiger partial charge >= 0.3 is 0 Å². The molecule has 0 bridgehead atoms. The fraction of sp³-hybridized carbons (Fsp3) is 0.133. The highest BCUT2D eigenvalue weighted by molar-refractivity contribution is 9.10. The Kier molecular flexibility index (Phi) is 4.10. The van der Waals surface area contributed by atoms with Crippen LogP contribution >= 0.6 is 15.9 Å². The van der Waals surface area contributed by atoms with E-state index in [2.05, 4.69) is 15.9 Å². The monoisotopic (exact) mass is 324 g/mol. The molecule has 0 aromatic heterocycles. The summed E-state index contributed by atoms with van der Waals surface area (Å²) in [6, 6.07) is 8.60. The van der Waals surface area contributed by atoms with Gasteiger partial charge in [-0.2, -0.15) is 0 Å². The lowest BCUT2D eigenvalue weighted by Gasteiger charge is -2.07. The van der Waals surface area contributed by atoms with Crippen LogP contribution in [0, 0.1) is 18.6 Å². The predicted octanol–water partition coefficient (Wildman–Crippen LogP) is 4.46. The molecule has 0 heterocycles. The van der Waals surface area contributed by atoms with Crippen molar-refractivity contribution in [1.82, 2.24) is 0 Å². The Morgan fingerprint density at radius 2 is 1.95 bits per heavy atom. The van der Waals surface area contributed by atoms with Crippen molar-refractivity contribution in [2.45, 2.75) is 13.3 Å². The number of benzene rings is 2. The Bertz CT molecular complexity index is 638. The van der Waals surface area contributed by atoms with Gasteiger partial charge in [-0.1, -0.05) is 18.2 Å². The third-order valence-electron chi connectivity index (χ3n) is 2.88. The van der Waals surface area contributed by atoms with Gasteiger partial charge in [-0.05, 0) is 52.2 Å². The van der Waals surface area contributed by atoms with Gasteiger partial charge in [-0.15, -0.1) is 0 Å². The summed E-state index contributed by atoms with van der Waals surface area (Å²) < 4.78 is 26.8. The number of ketones is 1. The van der Waals surface area contributed by atoms with Gasteiger partial charge in [0.05, 0.1) is 4.47 Å². The molecule has 19 heavy (non-hydrogen) atoms. The van der Waals surface area contributed by atoms with Crippen molar-refractivity contribution in [2.75, 3.05) is 0 Å². The summed E-state index contributed by atoms with van der Waals surface area (Å²) in [5, 5.41) is 0. The van der Waals surface area contributed by atoms with Crippen molar-refractivity contribution < 1.29 is 13.6 Å². The minimum absolute atomic E-state index is 0.0304. The average Bonchev–Trinajstić information content (AvgIpc) is 2.38. The average molecular weight is 325 g/mol. The molecule has 98 valence electrons. The van der Waals surface area contributed by atoms with E-state index < -0.39 is 11.6 Å². The molecule has 2 aromatic carbocycles. The third-order valence-corrected chi connectivity index (χ3v) is 3.77. The van der Waals surface area contributed by atoms with Crippen LogP contribution in [0.15, 0.2) is 40.9 Å². The Balaban J connectivity index is 2.31. The third kappa shape index (κ3) is 3.07. The Morgan fingerprint density at radius 1 is 1.21 bits per heavy atom. The van der Waals surface area contributed by atoms with Crippen LogP contribution in [0.1, 0.15) is 21.5 Å². The highest BCUT2D eigenvalue weighted by Crippen LogP contribution is 2.22. The SMILES string of the molecule is Cc1ccc(F)cc1C(=O)Cc1cccc(F)c1Br. The molecule has 0 radical (unpaired) electrons. The second-order valence-electron chi connectivity index (χ2n) is 4.27. The van der Waals surface area contributed by atoms with Crippen molar-refractivity contribution in [1.29, 1.82) is 0 Å². The van der Waals surface area contributed by atoms with Crippen LogP contribution in [0.4, 0.5) is 8.78 Å². The van der Waals surface area contributed by atoms with E-state index in [1.807, 2.05) is 0 Å². The maximum Gasteiger partial charge on any atom is 0.167 e. The molecule has 0 aliphatic heterocycles. The molecule has 1 nitrogen and oxygen atoms in total. The van der Waals surface area contributed by atoms with Gasteiger partial charge in [0.15, 0.2) is 5.78 Å². The van der Waals surface area contributed by atoms with Crippen molar-refractivity contribution >= 4 is 21.7 Å². The van der Waals surface area contributed by atoms with E-state index in [4.69, 9.17) is 0 Å². The molecule has 0 aliphatic rings. The number of aryl methyl sites for hydroxylation is 1. The smallest absolute Gasteiger partial charge is 0.167 e. The van der Waals surface area contributed by atoms with Crippen molar-refractivity contribution in [3.8, 4) is 0 Å². The van der Waals surface area contributed by atoms with E-state index in [-0.39, 0.29) is 16.7 Å². The molecule has 0 aliphatic carbocycles. The summed E-state index contributed by atoms with van der Waals surface area (Å²) in [5.74, 6) is -1.10. The van der Waals surface area contributed by atoms with Crippen molar-refractivity contribution in [3.05, 3.63) is 69.2 Å². The molecule has 4 heteroatoms. The van der Waals surface area contributed by atoms with Crippen LogP contribution in [0.5, 0.6) is 0 Å². The van der Waals surface area contributed by atoms with E-state index >= 15 is 0 Å². The minimum atomic E-state index is -0.452. The second-order valence-corrected chi connectivity index (χ2v) is 5.07. The van der Waals surface area contributed by atoms with Crippen LogP contribution < -0.4 is 0 Å². The molecule has 0 unspecified atom stereocenters. The number of halogens is 3. The lowest BCUT2D eigenvalue weighted by Crippen LogP contribution is -2.07. The van der Waals surface area contributed by atoms with Crippen molar-refractivity contribution in [3.63, 3.8) is 0 Å². The summed E-state index contributed by atoms with van der Waals surface area (Å²) in [6.07, 6.45) is 0.0304. The largest absolute Gasteiger partial charge is 0.294 e. The first-order chi connectivity index (χ1) is 8.99. The molecule has 0 atom stereocenters. The van der Waals surface area contributed by atoms with E-state index in [1.165, 1.54) is 18.2 Å². The number of hydrogen-bond acceptors (Lipinski definition) is 1. The molecule has 2 rings (SSSR count). The standard InChI is InChI=1S/C15H11BrF2O/c1-9-5-6-11(17)8-12(9)14(19)7-10-3-2-4-13(18)15(10)16/h2-6,8H,7H2,1H3. The number of rotatable bonds is 3. The quantitative estimate of drug-likeness (QED) is 0.762. The summed E-state index contributed by atoms with van der Waals surface area (Å²) in [5.41, 5.74) is 1.59. The van der Waals surface area contributed by atoms with Crippen LogP contribution in [0.3, 0.4) is 0 Å². The number of hydrogen-bond donors (Lipinski definition) is 0. The molecular weight excluding hydrogens is 314 g/mol. The topological polar surface area (TPSA) is 17.1 Å². The van der Waals surface area contributed by atoms with Gasteiger partial charge < -0.3 is 0 Å². The lowest BCUT2D eigenvalue weighted by molar-refractivity contribution is 0.0991. The summed E-state index contributed by atoms with van der Waals surface area (Å²) in [6.45, 7) is 1.74. The number of carbonyl (C=O) groups is 1. The molecule has 0 fully saturated rings. The zero-order valence-corrected chi connectivity index (χ0v) is 11.8. The first-order valence-electron chi connectivity index (χ1n) is 5.71. The lowest BCUT2D eigenvalue weighted by atomic mass is 9.99. The van der Waals surface area contributed by atoms with Crippen LogP contribution in [-0.4, -0.2) is 5.78 Å². The highest BCUT2D eigenvalue weighted by Gasteiger charge is 2.14. The first kappa shape index (κ1) is 13.9. The van der Waals surface area contributed by atoms with Crippen LogP contribution in [0.25, 0.3) is 0 Å². The van der Waals surface area contributed by atoms with Gasteiger partial charge in [-0.3, -0.25) is 4.79 Å². The fourth-order valence-electron chi connectivity index (χ4n) is 1.85. The number of Topliss-reactive ketones (excluding diaryl/α,β-unsaturated/α-hetero) is 1. The maximum atomic E-state index is 13.4. The number of carbonyl (C=O) groups excluding carboxylic acids is 1. The molecule has 0 saturated carbocycles. The predicted molar refractivity (Wildman–Crippen MR) is 73.3 cm³/mol. The minimum Gasteiger partial charge on any atom is -0.294 e. The molecular formula is C15H11BrF2O. The van der Waals surface area contributed by atoms with Crippen molar-refractivity contribution in [2.24, 2.45) is 0 Å². The Morgan fingerprint density at radius 3 is 2.68 bits per heavy atom. The van der Waals surface area contributed by atoms with E-state index in [0.29, 0.717) is 16.7 Å². The molecule has 0 spiro atoms. The first-order valence-corrected chi connectivity index (χ1v) is 6.50. The molecule has 2 aromatic rings. The molecule has 0 amide bonds. The fourth-order valence-corrected chi connectivity index (χ4v) is 2.25. The Labute approximate surface area is 118 Å². The summed E-state index contributed by atoms with van der Waals surface area (Å²) >= 11 is 3.11. The normalized spacial score (nSPS) is 10.5. The molecule has 0 N–H and O–H groups in total. The van der Waals surface area contributed by atoms with Gasteiger partial charge in [0.2, 0.25) is 0 Å². The van der Waals surface area contributed by atoms with E-state index in [1.54, 1.807) is 25.1 Å². The van der Waals surface area contributed by atoms with E-state index in [0.717, 1.165) is 0 Å². The van der Waals surface area contributed by atoms with Gasteiger partial charge in [0, 0.05) is 12.0 Å². The second kappa shape index (κ2) is 5.61. The zero-order valence-electron chi connectivity index (χ0n) is 10.2. The van der Waals surface area contributed by atoms with Gasteiger partial charge in [0.1, 0.15) is 11.6 Å². The summed E-state index contributed by atoms with van der Waals surface area (Å²) in [7, 11) is 0. The van der Waals surface area contributed by atoms with Gasteiger partial charge in [0.25, 0.3) is 0 Å².